The molecule has 10 heteroatoms. The molecular formula is C25H27N7O3. The Morgan fingerprint density at radius 1 is 0.857 bits per heavy atom. The smallest absolute Gasteiger partial charge is 0.329 e. The summed E-state index contributed by atoms with van der Waals surface area (Å²) in [4.78, 5) is 29.2. The molecule has 0 aliphatic heterocycles. The lowest BCUT2D eigenvalue weighted by Gasteiger charge is -2.14. The molecule has 0 aliphatic carbocycles. The summed E-state index contributed by atoms with van der Waals surface area (Å²) in [5.74, 6) is 1.68. The van der Waals surface area contributed by atoms with Crippen LogP contribution in [0.3, 0.4) is 0 Å². The zero-order valence-electron chi connectivity index (χ0n) is 20.2. The predicted molar refractivity (Wildman–Crippen MR) is 137 cm³/mol. The van der Waals surface area contributed by atoms with E-state index in [1.807, 2.05) is 38.1 Å². The first-order valence-corrected chi connectivity index (χ1v) is 11.2. The summed E-state index contributed by atoms with van der Waals surface area (Å²) in [7, 11) is 5.11. The molecule has 5 rings (SSSR count). The minimum Gasteiger partial charge on any atom is -0.454 e. The number of amides is 2. The van der Waals surface area contributed by atoms with Crippen molar-refractivity contribution in [2.24, 2.45) is 21.1 Å². The Bertz CT molecular complexity index is 1580. The van der Waals surface area contributed by atoms with Crippen LogP contribution in [-0.2, 0) is 21.1 Å². The average Bonchev–Trinajstić information content (AvgIpc) is 3.38. The highest BCUT2D eigenvalue weighted by atomic mass is 16.5. The van der Waals surface area contributed by atoms with Gasteiger partial charge < -0.3 is 10.1 Å². The number of benzene rings is 2. The SMILES string of the molecule is CC.Cn1nccc1NC(=O)Nc1ccc(Oc2ccnc3c2n(C)c(=O)n3C)c2ccccc12. The monoisotopic (exact) mass is 473 g/mol. The topological polar surface area (TPSA) is 108 Å². The normalized spacial score (nSPS) is 10.7. The van der Waals surface area contributed by atoms with Gasteiger partial charge in [0.1, 0.15) is 17.1 Å². The van der Waals surface area contributed by atoms with Crippen LogP contribution < -0.4 is 21.1 Å². The highest BCUT2D eigenvalue weighted by Crippen LogP contribution is 2.36. The Morgan fingerprint density at radius 3 is 2.31 bits per heavy atom. The number of carbonyl (C=O) groups is 1. The molecular weight excluding hydrogens is 446 g/mol. The first kappa shape index (κ1) is 23.6. The minimum atomic E-state index is -0.382. The summed E-state index contributed by atoms with van der Waals surface area (Å²) < 4.78 is 10.8. The van der Waals surface area contributed by atoms with Crippen LogP contribution in [-0.4, -0.2) is 29.9 Å². The molecule has 0 radical (unpaired) electrons. The third-order valence-electron chi connectivity index (χ3n) is 5.51. The Hall–Kier alpha value is -4.60. The maximum atomic E-state index is 12.5. The number of nitrogens with one attached hydrogen (secondary N) is 2. The molecule has 3 aromatic heterocycles. The van der Waals surface area contributed by atoms with Gasteiger partial charge in [-0.25, -0.2) is 14.6 Å². The lowest BCUT2D eigenvalue weighted by molar-refractivity contribution is 0.262. The van der Waals surface area contributed by atoms with Gasteiger partial charge in [-0.1, -0.05) is 38.1 Å². The maximum absolute atomic E-state index is 12.5. The fraction of sp³-hybridized carbons (Fsp3) is 0.200. The van der Waals surface area contributed by atoms with Gasteiger partial charge in [0.25, 0.3) is 0 Å². The molecule has 0 aliphatic rings. The van der Waals surface area contributed by atoms with Crippen molar-refractivity contribution in [1.82, 2.24) is 23.9 Å². The average molecular weight is 474 g/mol. The second-order valence-corrected chi connectivity index (χ2v) is 7.56. The molecule has 2 N–H and O–H groups in total. The van der Waals surface area contributed by atoms with Crippen molar-refractivity contribution in [2.45, 2.75) is 13.8 Å². The summed E-state index contributed by atoms with van der Waals surface area (Å²) in [5, 5.41) is 11.3. The second-order valence-electron chi connectivity index (χ2n) is 7.56. The van der Waals surface area contributed by atoms with E-state index in [4.69, 9.17) is 4.74 Å². The van der Waals surface area contributed by atoms with Crippen molar-refractivity contribution in [3.8, 4) is 11.5 Å². The van der Waals surface area contributed by atoms with E-state index in [0.717, 1.165) is 10.8 Å². The van der Waals surface area contributed by atoms with Gasteiger partial charge >= 0.3 is 11.7 Å². The molecule has 2 aromatic carbocycles. The van der Waals surface area contributed by atoms with Gasteiger partial charge in [0.15, 0.2) is 11.4 Å². The molecule has 0 spiro atoms. The first-order chi connectivity index (χ1) is 16.9. The zero-order valence-corrected chi connectivity index (χ0v) is 20.2. The fourth-order valence-corrected chi connectivity index (χ4v) is 3.83. The van der Waals surface area contributed by atoms with Crippen molar-refractivity contribution in [1.29, 1.82) is 0 Å². The van der Waals surface area contributed by atoms with Crippen molar-refractivity contribution < 1.29 is 9.53 Å². The summed E-state index contributed by atoms with van der Waals surface area (Å²) in [6, 6.07) is 14.2. The first-order valence-electron chi connectivity index (χ1n) is 11.2. The Balaban J connectivity index is 0.00000141. The minimum absolute atomic E-state index is 0.183. The van der Waals surface area contributed by atoms with E-state index >= 15 is 0 Å². The van der Waals surface area contributed by atoms with Crippen LogP contribution in [0.1, 0.15) is 13.8 Å². The number of urea groups is 1. The number of nitrogens with zero attached hydrogens (tertiary/aromatic N) is 5. The number of aryl methyl sites for hydroxylation is 3. The van der Waals surface area contributed by atoms with Crippen LogP contribution in [0.4, 0.5) is 16.3 Å². The van der Waals surface area contributed by atoms with Crippen molar-refractivity contribution in [3.63, 3.8) is 0 Å². The molecule has 5 aromatic rings. The number of carbonyl (C=O) groups excluding carboxylic acids is 1. The summed E-state index contributed by atoms with van der Waals surface area (Å²) in [6.07, 6.45) is 3.22. The van der Waals surface area contributed by atoms with Gasteiger partial charge in [0.05, 0.1) is 11.9 Å². The van der Waals surface area contributed by atoms with Gasteiger partial charge in [-0.05, 0) is 12.1 Å². The van der Waals surface area contributed by atoms with Crippen LogP contribution >= 0.6 is 0 Å². The van der Waals surface area contributed by atoms with Crippen molar-refractivity contribution >= 4 is 39.5 Å². The molecule has 35 heavy (non-hydrogen) atoms. The van der Waals surface area contributed by atoms with Gasteiger partial charge in [0, 0.05) is 50.2 Å². The summed E-state index contributed by atoms with van der Waals surface area (Å²) in [6.45, 7) is 4.00. The Labute approximate surface area is 201 Å². The van der Waals surface area contributed by atoms with E-state index in [2.05, 4.69) is 20.7 Å². The van der Waals surface area contributed by atoms with Gasteiger partial charge in [-0.2, -0.15) is 5.10 Å². The molecule has 0 atom stereocenters. The Kier molecular flexibility index (Phi) is 6.54. The molecule has 3 heterocycles. The Morgan fingerprint density at radius 2 is 1.60 bits per heavy atom. The van der Waals surface area contributed by atoms with Gasteiger partial charge in [-0.3, -0.25) is 19.1 Å². The molecule has 180 valence electrons. The number of hydrogen-bond donors (Lipinski definition) is 2. The van der Waals surface area contributed by atoms with E-state index in [1.165, 1.54) is 9.13 Å². The van der Waals surface area contributed by atoms with E-state index < -0.39 is 0 Å². The second kappa shape index (κ2) is 9.72. The quantitative estimate of drug-likeness (QED) is 0.396. The van der Waals surface area contributed by atoms with Crippen LogP contribution in [0.5, 0.6) is 11.5 Å². The number of aromatic nitrogens is 5. The van der Waals surface area contributed by atoms with E-state index in [0.29, 0.717) is 34.2 Å². The van der Waals surface area contributed by atoms with Gasteiger partial charge in [0.2, 0.25) is 0 Å². The summed E-state index contributed by atoms with van der Waals surface area (Å²) >= 11 is 0. The number of anilines is 2. The predicted octanol–water partition coefficient (Wildman–Crippen LogP) is 4.62. The largest absolute Gasteiger partial charge is 0.454 e. The molecule has 0 saturated carbocycles. The van der Waals surface area contributed by atoms with E-state index in [1.54, 1.807) is 62.5 Å². The standard InChI is InChI=1S/C23H21N7O3.C2H6/c1-28-20-18(10-12-24-21(20)29(2)23(28)32)33-17-9-8-16(14-6-4-5-7-15(14)17)26-22(31)27-19-11-13-25-30(19)3;1-2/h4-13H,1-3H3,(H2,26,27,31);1-2H3. The lowest BCUT2D eigenvalue weighted by Crippen LogP contribution is -2.21. The van der Waals surface area contributed by atoms with Crippen LogP contribution in [0.25, 0.3) is 21.9 Å². The number of ether oxygens (including phenoxy) is 1. The molecule has 0 fully saturated rings. The third kappa shape index (κ3) is 4.33. The van der Waals surface area contributed by atoms with Gasteiger partial charge in [-0.15, -0.1) is 0 Å². The van der Waals surface area contributed by atoms with E-state index in [9.17, 15) is 9.59 Å². The zero-order chi connectivity index (χ0) is 25.1. The number of fused-ring (bicyclic) bond motifs is 2. The number of rotatable bonds is 4. The molecule has 10 nitrogen and oxygen atoms in total. The number of imidazole rings is 1. The highest BCUT2D eigenvalue weighted by Gasteiger charge is 2.16. The number of pyridine rings is 1. The third-order valence-corrected chi connectivity index (χ3v) is 5.51. The van der Waals surface area contributed by atoms with Crippen molar-refractivity contribution in [3.05, 3.63) is 71.4 Å². The van der Waals surface area contributed by atoms with Crippen molar-refractivity contribution in [2.75, 3.05) is 10.6 Å². The lowest BCUT2D eigenvalue weighted by atomic mass is 10.1. The molecule has 2 amide bonds. The maximum Gasteiger partial charge on any atom is 0.329 e. The molecule has 0 unspecified atom stereocenters. The van der Waals surface area contributed by atoms with Crippen LogP contribution in [0.2, 0.25) is 0 Å². The van der Waals surface area contributed by atoms with Crippen LogP contribution in [0, 0.1) is 0 Å². The fourth-order valence-electron chi connectivity index (χ4n) is 3.83. The van der Waals surface area contributed by atoms with E-state index in [-0.39, 0.29) is 11.7 Å². The van der Waals surface area contributed by atoms with Crippen LogP contribution in [0.15, 0.2) is 65.7 Å². The molecule has 0 saturated heterocycles. The summed E-state index contributed by atoms with van der Waals surface area (Å²) in [5.41, 5.74) is 1.59. The number of hydrogen-bond acceptors (Lipinski definition) is 5. The highest BCUT2D eigenvalue weighted by molar-refractivity contribution is 6.07. The molecule has 0 bridgehead atoms.